The van der Waals surface area contributed by atoms with Gasteiger partial charge in [0.2, 0.25) is 29.5 Å². The number of pyridine rings is 1. The molecule has 3 fully saturated rings. The molecule has 0 bridgehead atoms. The Morgan fingerprint density at radius 3 is 1.86 bits per heavy atom. The number of amides is 7. The molecule has 15 heteroatoms. The minimum Gasteiger partial charge on any atom is -0.365 e. The third-order valence-electron chi connectivity index (χ3n) is 9.61. The maximum atomic E-state index is 12.6. The molecule has 4 aliphatic rings. The number of carbonyl (C=O) groups excluding carboxylic acids is 7. The van der Waals surface area contributed by atoms with E-state index in [9.17, 15) is 33.6 Å². The van der Waals surface area contributed by atoms with Crippen LogP contribution in [0.5, 0.6) is 0 Å². The molecule has 2 aromatic rings. The number of nitrogens with one attached hydrogen (secondary N) is 6. The lowest BCUT2D eigenvalue weighted by molar-refractivity contribution is -0.133. The molecule has 318 valence electrons. The van der Waals surface area contributed by atoms with Crippen molar-refractivity contribution in [2.24, 2.45) is 10.8 Å². The summed E-state index contributed by atoms with van der Waals surface area (Å²) in [6.07, 6.45) is 3.50. The van der Waals surface area contributed by atoms with Crippen LogP contribution in [-0.2, 0) is 36.9 Å². The largest absolute Gasteiger partial charge is 0.365 e. The second-order valence-electron chi connectivity index (χ2n) is 18.6. The second-order valence-corrected chi connectivity index (χ2v) is 18.6. The van der Waals surface area contributed by atoms with E-state index in [1.807, 2.05) is 53.7 Å². The maximum Gasteiger partial charge on any atom is 0.270 e. The van der Waals surface area contributed by atoms with Gasteiger partial charge >= 0.3 is 0 Å². The highest BCUT2D eigenvalue weighted by Crippen LogP contribution is 2.32. The molecule has 3 unspecified atom stereocenters. The second kappa shape index (κ2) is 18.4. The van der Waals surface area contributed by atoms with Crippen molar-refractivity contribution in [2.45, 2.75) is 131 Å². The van der Waals surface area contributed by atoms with Crippen molar-refractivity contribution in [3.05, 3.63) is 83.3 Å². The van der Waals surface area contributed by atoms with Gasteiger partial charge in [0.15, 0.2) is 0 Å². The molecule has 5 heterocycles. The van der Waals surface area contributed by atoms with E-state index in [2.05, 4.69) is 70.8 Å². The van der Waals surface area contributed by atoms with E-state index in [0.717, 1.165) is 29.7 Å². The van der Waals surface area contributed by atoms with Gasteiger partial charge in [0, 0.05) is 34.5 Å². The number of hydrogen-bond donors (Lipinski definition) is 6. The first kappa shape index (κ1) is 45.8. The van der Waals surface area contributed by atoms with Gasteiger partial charge in [-0.2, -0.15) is 0 Å². The Morgan fingerprint density at radius 2 is 1.36 bits per heavy atom. The molecule has 0 radical (unpaired) electrons. The SMILES string of the molecule is C=C1CCC(NC(=O)C(C)(C)C)C(=O)N1.C=C1CCC(NC(=O)c2cccc(NC(C)(C)C)n2)C(=O)N1.CC(C)(C)Cc1cccc2c1CN(C1CC(=O)NC1=O)C2=O. The third kappa shape index (κ3) is 13.1. The van der Waals surface area contributed by atoms with Crippen LogP contribution in [0.15, 0.2) is 61.0 Å². The average Bonchev–Trinajstić information content (AvgIpc) is 3.63. The summed E-state index contributed by atoms with van der Waals surface area (Å²) in [7, 11) is 0. The third-order valence-corrected chi connectivity index (χ3v) is 9.61. The van der Waals surface area contributed by atoms with Crippen LogP contribution < -0.4 is 31.9 Å². The van der Waals surface area contributed by atoms with Crippen molar-refractivity contribution in [1.82, 2.24) is 36.5 Å². The van der Waals surface area contributed by atoms with E-state index in [1.54, 1.807) is 24.3 Å². The summed E-state index contributed by atoms with van der Waals surface area (Å²) in [5, 5.41) is 16.2. The molecule has 1 aromatic carbocycles. The zero-order valence-electron chi connectivity index (χ0n) is 35.8. The standard InChI is InChI=1S/C17H20N2O3.C16H22N4O2.C11H18N2O2/c1-17(2,3)8-10-5-4-6-11-12(10)9-19(16(11)22)13-7-14(20)18-15(13)21;1-10-8-9-12(14(21)17-10)19-15(22)11-6-5-7-13(18-11)20-16(2,3)4;1-7-5-6-8(9(14)12-7)13-10(15)11(2,3)4/h4-6,13H,7-9H2,1-3H3,(H,18,20,21);5-7,12H,1,8-9H2,2-4H3,(H,17,21)(H,18,20)(H,19,22);8H,1,5-6H2,2-4H3,(H,12,14)(H,13,15). The van der Waals surface area contributed by atoms with Crippen molar-refractivity contribution in [1.29, 1.82) is 0 Å². The average molecular weight is 813 g/mol. The predicted octanol–water partition coefficient (Wildman–Crippen LogP) is 4.40. The molecular weight excluding hydrogens is 753 g/mol. The molecule has 0 saturated carbocycles. The summed E-state index contributed by atoms with van der Waals surface area (Å²) in [6.45, 7) is 25.8. The van der Waals surface area contributed by atoms with Crippen molar-refractivity contribution in [3.63, 3.8) is 0 Å². The fourth-order valence-electron chi connectivity index (χ4n) is 6.64. The number of nitrogens with zero attached hydrogens (tertiary/aromatic N) is 2. The van der Waals surface area contributed by atoms with Gasteiger partial charge < -0.3 is 31.5 Å². The van der Waals surface area contributed by atoms with Crippen molar-refractivity contribution in [2.75, 3.05) is 5.32 Å². The van der Waals surface area contributed by atoms with E-state index in [4.69, 9.17) is 0 Å². The monoisotopic (exact) mass is 812 g/mol. The van der Waals surface area contributed by atoms with Gasteiger partial charge in [-0.1, -0.05) is 72.9 Å². The number of hydrogen-bond acceptors (Lipinski definition) is 9. The van der Waals surface area contributed by atoms with Gasteiger partial charge in [-0.3, -0.25) is 38.9 Å². The summed E-state index contributed by atoms with van der Waals surface area (Å²) in [5.74, 6) is -1.06. The first-order valence-electron chi connectivity index (χ1n) is 19.9. The first-order chi connectivity index (χ1) is 27.3. The van der Waals surface area contributed by atoms with Gasteiger partial charge in [0.25, 0.3) is 11.8 Å². The normalized spacial score (nSPS) is 20.5. The van der Waals surface area contributed by atoms with E-state index in [0.29, 0.717) is 42.9 Å². The molecule has 6 rings (SSSR count). The van der Waals surface area contributed by atoms with Crippen LogP contribution in [0.1, 0.15) is 126 Å². The lowest BCUT2D eigenvalue weighted by Crippen LogP contribution is -2.51. The van der Waals surface area contributed by atoms with E-state index in [-0.39, 0.29) is 64.4 Å². The zero-order chi connectivity index (χ0) is 44.0. The molecule has 0 spiro atoms. The summed E-state index contributed by atoms with van der Waals surface area (Å²) in [5.41, 5.74) is 4.00. The molecule has 0 aliphatic carbocycles. The molecule has 15 nitrogen and oxygen atoms in total. The van der Waals surface area contributed by atoms with Gasteiger partial charge in [-0.05, 0) is 87.6 Å². The predicted molar refractivity (Wildman–Crippen MR) is 224 cm³/mol. The number of rotatable bonds is 6. The highest BCUT2D eigenvalue weighted by molar-refractivity contribution is 6.09. The van der Waals surface area contributed by atoms with E-state index >= 15 is 0 Å². The number of fused-ring (bicyclic) bond motifs is 1. The summed E-state index contributed by atoms with van der Waals surface area (Å²) in [6, 6.07) is 9.30. The molecular formula is C44H60N8O7. The summed E-state index contributed by atoms with van der Waals surface area (Å²) in [4.78, 5) is 88.8. The van der Waals surface area contributed by atoms with Crippen LogP contribution in [0.25, 0.3) is 0 Å². The Balaban J connectivity index is 0.000000200. The molecule has 3 atom stereocenters. The highest BCUT2D eigenvalue weighted by Gasteiger charge is 2.42. The van der Waals surface area contributed by atoms with Crippen LogP contribution in [-0.4, -0.2) is 74.9 Å². The van der Waals surface area contributed by atoms with Crippen LogP contribution >= 0.6 is 0 Å². The molecule has 3 saturated heterocycles. The van der Waals surface area contributed by atoms with Crippen LogP contribution in [0.2, 0.25) is 0 Å². The zero-order valence-corrected chi connectivity index (χ0v) is 35.8. The van der Waals surface area contributed by atoms with Crippen molar-refractivity contribution in [3.8, 4) is 0 Å². The molecule has 6 N–H and O–H groups in total. The fraction of sp³-hybridized carbons (Fsp3) is 0.500. The Bertz CT molecular complexity index is 2020. The molecule has 59 heavy (non-hydrogen) atoms. The van der Waals surface area contributed by atoms with Gasteiger partial charge in [0.05, 0.1) is 6.42 Å². The molecule has 4 aliphatic heterocycles. The highest BCUT2D eigenvalue weighted by atomic mass is 16.2. The van der Waals surface area contributed by atoms with Crippen LogP contribution in [0.4, 0.5) is 5.82 Å². The number of carbonyl (C=O) groups is 7. The summed E-state index contributed by atoms with van der Waals surface area (Å²) < 4.78 is 0. The van der Waals surface area contributed by atoms with Gasteiger partial charge in [0.1, 0.15) is 29.6 Å². The number of anilines is 1. The number of benzene rings is 1. The smallest absolute Gasteiger partial charge is 0.270 e. The Labute approximate surface area is 347 Å². The van der Waals surface area contributed by atoms with E-state index in [1.165, 1.54) is 4.90 Å². The Morgan fingerprint density at radius 1 is 0.780 bits per heavy atom. The van der Waals surface area contributed by atoms with Crippen LogP contribution in [0, 0.1) is 10.8 Å². The lowest BCUT2D eigenvalue weighted by atomic mass is 9.85. The van der Waals surface area contributed by atoms with Crippen molar-refractivity contribution >= 4 is 47.2 Å². The van der Waals surface area contributed by atoms with Gasteiger partial charge in [-0.15, -0.1) is 0 Å². The van der Waals surface area contributed by atoms with Crippen molar-refractivity contribution < 1.29 is 33.6 Å². The maximum absolute atomic E-state index is 12.6. The first-order valence-corrected chi connectivity index (χ1v) is 19.9. The number of piperidine rings is 2. The minimum absolute atomic E-state index is 0.0627. The van der Waals surface area contributed by atoms with Gasteiger partial charge in [-0.25, -0.2) is 4.98 Å². The molecule has 7 amide bonds. The topological polar surface area (TPSA) is 208 Å². The fourth-order valence-corrected chi connectivity index (χ4v) is 6.64. The minimum atomic E-state index is -0.671. The Hall–Kier alpha value is -5.86. The quantitative estimate of drug-likeness (QED) is 0.228. The van der Waals surface area contributed by atoms with E-state index < -0.39 is 23.5 Å². The number of imide groups is 1. The Kier molecular flexibility index (Phi) is 14.3. The summed E-state index contributed by atoms with van der Waals surface area (Å²) >= 11 is 0. The lowest BCUT2D eigenvalue weighted by Gasteiger charge is -2.27. The number of aromatic nitrogens is 1. The molecule has 1 aromatic heterocycles. The van der Waals surface area contributed by atoms with Crippen LogP contribution in [0.3, 0.4) is 0 Å². The number of allylic oxidation sites excluding steroid dienone is 2.